The average Bonchev–Trinajstić information content (AvgIpc) is 3.08. The van der Waals surface area contributed by atoms with Crippen LogP contribution in [0.4, 0.5) is 4.79 Å². The Morgan fingerprint density at radius 1 is 1.22 bits per heavy atom. The first-order valence-electron chi connectivity index (χ1n) is 8.48. The number of imide groups is 1. The van der Waals surface area contributed by atoms with Gasteiger partial charge in [0.2, 0.25) is 5.82 Å². The van der Waals surface area contributed by atoms with E-state index in [0.29, 0.717) is 5.82 Å². The molecule has 0 bridgehead atoms. The van der Waals surface area contributed by atoms with Gasteiger partial charge in [-0.25, -0.2) is 9.59 Å². The van der Waals surface area contributed by atoms with Crippen LogP contribution in [-0.2, 0) is 20.9 Å². The van der Waals surface area contributed by atoms with E-state index in [1.807, 2.05) is 38.1 Å². The minimum atomic E-state index is -0.726. The Hall–Kier alpha value is -3.30. The summed E-state index contributed by atoms with van der Waals surface area (Å²) in [4.78, 5) is 36.0. The molecule has 0 aliphatic rings. The van der Waals surface area contributed by atoms with E-state index >= 15 is 0 Å². The predicted octanol–water partition coefficient (Wildman–Crippen LogP) is 0.816. The second-order valence-corrected chi connectivity index (χ2v) is 6.00. The largest absolute Gasteiger partial charge is 0.454 e. The minimum absolute atomic E-state index is 0.0681. The molecule has 0 saturated carbocycles. The minimum Gasteiger partial charge on any atom is -0.454 e. The number of hydrogen-bond acceptors (Lipinski definition) is 7. The third-order valence-corrected chi connectivity index (χ3v) is 3.64. The van der Waals surface area contributed by atoms with E-state index in [4.69, 9.17) is 4.74 Å². The van der Waals surface area contributed by atoms with E-state index in [0.717, 1.165) is 22.3 Å². The normalized spacial score (nSPS) is 11.5. The summed E-state index contributed by atoms with van der Waals surface area (Å²) in [5.41, 5.74) is 1.87. The molecule has 3 amide bonds. The highest BCUT2D eigenvalue weighted by Crippen LogP contribution is 2.13. The summed E-state index contributed by atoms with van der Waals surface area (Å²) >= 11 is 0. The molecule has 0 aliphatic heterocycles. The maximum Gasteiger partial charge on any atom is 0.330 e. The number of hydrogen-bond donors (Lipinski definition) is 2. The van der Waals surface area contributed by atoms with Gasteiger partial charge >= 0.3 is 12.0 Å². The Balaban J connectivity index is 1.78. The third kappa shape index (κ3) is 6.49. The van der Waals surface area contributed by atoms with Crippen LogP contribution in [0.5, 0.6) is 0 Å². The molecule has 0 aliphatic carbocycles. The summed E-state index contributed by atoms with van der Waals surface area (Å²) in [6, 6.07) is 6.83. The number of nitrogens with one attached hydrogen (secondary N) is 2. The molecular weight excluding hydrogens is 352 g/mol. The lowest BCUT2D eigenvalue weighted by atomic mass is 10.1. The van der Waals surface area contributed by atoms with Gasteiger partial charge in [-0.1, -0.05) is 36.8 Å². The zero-order valence-corrected chi connectivity index (χ0v) is 15.4. The van der Waals surface area contributed by atoms with Crippen molar-refractivity contribution in [3.63, 3.8) is 0 Å². The molecule has 1 aromatic carbocycles. The Kier molecular flexibility index (Phi) is 6.98. The molecule has 144 valence electrons. The molecule has 0 fully saturated rings. The molecule has 1 heterocycles. The number of rotatable bonds is 7. The second-order valence-electron chi connectivity index (χ2n) is 6.00. The van der Waals surface area contributed by atoms with E-state index in [1.165, 1.54) is 0 Å². The van der Waals surface area contributed by atoms with Gasteiger partial charge in [-0.3, -0.25) is 10.1 Å². The number of aromatic nitrogens is 4. The van der Waals surface area contributed by atoms with Crippen LogP contribution >= 0.6 is 0 Å². The van der Waals surface area contributed by atoms with Crippen LogP contribution in [0.15, 0.2) is 24.3 Å². The molecule has 0 spiro atoms. The van der Waals surface area contributed by atoms with E-state index in [2.05, 4.69) is 26.0 Å². The van der Waals surface area contributed by atoms with Crippen molar-refractivity contribution in [1.29, 1.82) is 0 Å². The highest BCUT2D eigenvalue weighted by Gasteiger charge is 2.14. The Morgan fingerprint density at radius 3 is 2.59 bits per heavy atom. The maximum absolute atomic E-state index is 11.8. The average molecular weight is 374 g/mol. The van der Waals surface area contributed by atoms with Crippen molar-refractivity contribution in [3.05, 3.63) is 29.8 Å². The van der Waals surface area contributed by atoms with Crippen LogP contribution in [0.1, 0.15) is 25.8 Å². The fourth-order valence-corrected chi connectivity index (χ4v) is 1.96. The number of nitrogens with zero attached hydrogens (tertiary/aromatic N) is 4. The second kappa shape index (κ2) is 9.41. The number of esters is 1. The SMILES string of the molecule is CC[C@H](C)NC(=O)NC(=O)COC(=O)Cn1nnc(-c2ccc(C)cc2)n1. The molecule has 2 rings (SSSR count). The lowest BCUT2D eigenvalue weighted by Crippen LogP contribution is -2.44. The summed E-state index contributed by atoms with van der Waals surface area (Å²) in [7, 11) is 0. The summed E-state index contributed by atoms with van der Waals surface area (Å²) in [6.07, 6.45) is 0.728. The molecule has 2 aromatic rings. The number of carbonyl (C=O) groups is 3. The number of aryl methyl sites for hydroxylation is 1. The van der Waals surface area contributed by atoms with E-state index in [-0.39, 0.29) is 12.6 Å². The van der Waals surface area contributed by atoms with E-state index < -0.39 is 24.5 Å². The number of tetrazole rings is 1. The van der Waals surface area contributed by atoms with Crippen LogP contribution in [0, 0.1) is 6.92 Å². The fourth-order valence-electron chi connectivity index (χ4n) is 1.96. The van der Waals surface area contributed by atoms with E-state index in [1.54, 1.807) is 6.92 Å². The summed E-state index contributed by atoms with van der Waals surface area (Å²) in [5.74, 6) is -1.07. The van der Waals surface area contributed by atoms with Crippen LogP contribution in [0.2, 0.25) is 0 Å². The fraction of sp³-hybridized carbons (Fsp3) is 0.412. The molecule has 10 heteroatoms. The van der Waals surface area contributed by atoms with Gasteiger partial charge in [0.05, 0.1) is 0 Å². The first-order valence-corrected chi connectivity index (χ1v) is 8.48. The lowest BCUT2D eigenvalue weighted by molar-refractivity contribution is -0.149. The van der Waals surface area contributed by atoms with Gasteiger partial charge in [0.15, 0.2) is 13.2 Å². The number of urea groups is 1. The van der Waals surface area contributed by atoms with Crippen LogP contribution in [-0.4, -0.2) is 50.8 Å². The molecule has 27 heavy (non-hydrogen) atoms. The van der Waals surface area contributed by atoms with Gasteiger partial charge < -0.3 is 10.1 Å². The molecule has 0 unspecified atom stereocenters. The smallest absolute Gasteiger partial charge is 0.330 e. The van der Waals surface area contributed by atoms with Gasteiger partial charge in [0, 0.05) is 11.6 Å². The van der Waals surface area contributed by atoms with Crippen molar-refractivity contribution in [2.24, 2.45) is 0 Å². The Bertz CT molecular complexity index is 802. The molecule has 10 nitrogen and oxygen atoms in total. The maximum atomic E-state index is 11.8. The summed E-state index contributed by atoms with van der Waals surface area (Å²) in [5, 5.41) is 16.4. The molecular formula is C17H22N6O4. The summed E-state index contributed by atoms with van der Waals surface area (Å²) < 4.78 is 4.81. The molecule has 1 aromatic heterocycles. The van der Waals surface area contributed by atoms with Crippen molar-refractivity contribution in [1.82, 2.24) is 30.8 Å². The molecule has 0 radical (unpaired) electrons. The third-order valence-electron chi connectivity index (χ3n) is 3.64. The number of amides is 3. The van der Waals surface area contributed by atoms with Gasteiger partial charge in [0.1, 0.15) is 0 Å². The molecule has 0 saturated heterocycles. The summed E-state index contributed by atoms with van der Waals surface area (Å²) in [6.45, 7) is 4.79. The number of carbonyl (C=O) groups excluding carboxylic acids is 3. The van der Waals surface area contributed by atoms with E-state index in [9.17, 15) is 14.4 Å². The van der Waals surface area contributed by atoms with Gasteiger partial charge in [-0.15, -0.1) is 10.2 Å². The topological polar surface area (TPSA) is 128 Å². The van der Waals surface area contributed by atoms with Crippen molar-refractivity contribution in [2.75, 3.05) is 6.61 Å². The zero-order valence-electron chi connectivity index (χ0n) is 15.4. The van der Waals surface area contributed by atoms with Crippen molar-refractivity contribution < 1.29 is 19.1 Å². The van der Waals surface area contributed by atoms with Crippen molar-refractivity contribution in [3.8, 4) is 11.4 Å². The highest BCUT2D eigenvalue weighted by atomic mass is 16.5. The monoisotopic (exact) mass is 374 g/mol. The van der Waals surface area contributed by atoms with Gasteiger partial charge in [0.25, 0.3) is 5.91 Å². The van der Waals surface area contributed by atoms with Crippen molar-refractivity contribution in [2.45, 2.75) is 39.8 Å². The predicted molar refractivity (Wildman–Crippen MR) is 95.4 cm³/mol. The van der Waals surface area contributed by atoms with Crippen LogP contribution in [0.3, 0.4) is 0 Å². The zero-order chi connectivity index (χ0) is 19.8. The first-order chi connectivity index (χ1) is 12.9. The van der Waals surface area contributed by atoms with Crippen LogP contribution < -0.4 is 10.6 Å². The van der Waals surface area contributed by atoms with Gasteiger partial charge in [-0.2, -0.15) is 4.80 Å². The first kappa shape index (κ1) is 20.0. The Labute approximate surface area is 156 Å². The van der Waals surface area contributed by atoms with Gasteiger partial charge in [-0.05, 0) is 25.5 Å². The number of benzene rings is 1. The van der Waals surface area contributed by atoms with Crippen molar-refractivity contribution >= 4 is 17.9 Å². The van der Waals surface area contributed by atoms with Crippen LogP contribution in [0.25, 0.3) is 11.4 Å². The lowest BCUT2D eigenvalue weighted by Gasteiger charge is -2.11. The quantitative estimate of drug-likeness (QED) is 0.687. The number of ether oxygens (including phenoxy) is 1. The molecule has 2 N–H and O–H groups in total. The molecule has 1 atom stereocenters. The Morgan fingerprint density at radius 2 is 1.93 bits per heavy atom. The highest BCUT2D eigenvalue weighted by molar-refractivity contribution is 5.95. The standard InChI is InChI=1S/C17H22N6O4/c1-4-12(3)18-17(26)19-14(24)10-27-15(25)9-23-21-16(20-22-23)13-7-5-11(2)6-8-13/h5-8,12H,4,9-10H2,1-3H3,(H2,18,19,24,26)/t12-/m0/s1.